The third-order valence-corrected chi connectivity index (χ3v) is 3.66. The molecule has 22 heavy (non-hydrogen) atoms. The van der Waals surface area contributed by atoms with Gasteiger partial charge in [0.1, 0.15) is 12.3 Å². The summed E-state index contributed by atoms with van der Waals surface area (Å²) in [4.78, 5) is 15.3. The van der Waals surface area contributed by atoms with Gasteiger partial charge in [0.25, 0.3) is 0 Å². The van der Waals surface area contributed by atoms with Crippen molar-refractivity contribution >= 4 is 34.8 Å². The maximum absolute atomic E-state index is 12.2. The Balaban J connectivity index is 1.81. The molecule has 1 amide bonds. The second-order valence-corrected chi connectivity index (χ2v) is 5.20. The quantitative estimate of drug-likeness (QED) is 0.726. The lowest BCUT2D eigenvalue weighted by atomic mass is 10.3. The Morgan fingerprint density at radius 1 is 1.27 bits per heavy atom. The van der Waals surface area contributed by atoms with E-state index in [4.69, 9.17) is 17.0 Å². The molecule has 112 valence electrons. The van der Waals surface area contributed by atoms with E-state index in [0.29, 0.717) is 16.2 Å². The fourth-order valence-electron chi connectivity index (χ4n) is 2.31. The van der Waals surface area contributed by atoms with Crippen LogP contribution in [0.25, 0.3) is 11.0 Å². The summed E-state index contributed by atoms with van der Waals surface area (Å²) in [7, 11) is 1.59. The summed E-state index contributed by atoms with van der Waals surface area (Å²) < 4.78 is 7.45. The molecule has 0 aliphatic heterocycles. The van der Waals surface area contributed by atoms with E-state index in [1.807, 2.05) is 42.5 Å². The highest BCUT2D eigenvalue weighted by molar-refractivity contribution is 7.71. The van der Waals surface area contributed by atoms with Gasteiger partial charge in [-0.15, -0.1) is 0 Å². The summed E-state index contributed by atoms with van der Waals surface area (Å²) in [6, 6.07) is 14.9. The minimum absolute atomic E-state index is 0.144. The number of para-hydroxylation sites is 2. The minimum atomic E-state index is -0.144. The molecule has 3 aromatic rings. The van der Waals surface area contributed by atoms with E-state index in [0.717, 1.165) is 11.0 Å². The van der Waals surface area contributed by atoms with Crippen molar-refractivity contribution in [1.82, 2.24) is 9.55 Å². The number of ether oxygens (including phenoxy) is 1. The van der Waals surface area contributed by atoms with Crippen molar-refractivity contribution in [1.29, 1.82) is 0 Å². The standard InChI is InChI=1S/C16H15N3O2S/c1-21-12-6-4-5-11(9-12)17-15(20)10-19-14-8-3-2-7-13(14)18-16(19)22/h2-9H,10H2,1H3,(H,17,20)(H,18,22). The predicted octanol–water partition coefficient (Wildman–Crippen LogP) is 3.35. The van der Waals surface area contributed by atoms with E-state index < -0.39 is 0 Å². The fourth-order valence-corrected chi connectivity index (χ4v) is 2.58. The van der Waals surface area contributed by atoms with Crippen LogP contribution in [0.15, 0.2) is 48.5 Å². The van der Waals surface area contributed by atoms with E-state index in [2.05, 4.69) is 10.3 Å². The van der Waals surface area contributed by atoms with Gasteiger partial charge in [0, 0.05) is 11.8 Å². The molecule has 0 fully saturated rings. The zero-order valence-electron chi connectivity index (χ0n) is 12.0. The molecule has 3 rings (SSSR count). The normalized spacial score (nSPS) is 10.6. The number of carbonyl (C=O) groups is 1. The maximum Gasteiger partial charge on any atom is 0.244 e. The van der Waals surface area contributed by atoms with E-state index in [1.54, 1.807) is 17.7 Å². The first-order valence-corrected chi connectivity index (χ1v) is 7.19. The molecule has 6 heteroatoms. The van der Waals surface area contributed by atoms with Gasteiger partial charge >= 0.3 is 0 Å². The molecule has 2 N–H and O–H groups in total. The van der Waals surface area contributed by atoms with Gasteiger partial charge in [-0.1, -0.05) is 18.2 Å². The number of benzene rings is 2. The van der Waals surface area contributed by atoms with Crippen LogP contribution < -0.4 is 10.1 Å². The molecule has 0 radical (unpaired) electrons. The van der Waals surface area contributed by atoms with Crippen LogP contribution in [0.2, 0.25) is 0 Å². The fraction of sp³-hybridized carbons (Fsp3) is 0.125. The summed E-state index contributed by atoms with van der Waals surface area (Å²) in [6.07, 6.45) is 0. The Morgan fingerprint density at radius 3 is 2.91 bits per heavy atom. The minimum Gasteiger partial charge on any atom is -0.497 e. The summed E-state index contributed by atoms with van der Waals surface area (Å²) >= 11 is 5.28. The summed E-state index contributed by atoms with van der Waals surface area (Å²) in [5.74, 6) is 0.551. The molecule has 0 atom stereocenters. The number of carbonyl (C=O) groups excluding carboxylic acids is 1. The van der Waals surface area contributed by atoms with Gasteiger partial charge in [-0.2, -0.15) is 0 Å². The first kappa shape index (κ1) is 14.3. The van der Waals surface area contributed by atoms with Gasteiger partial charge in [0.15, 0.2) is 4.77 Å². The molecule has 0 aliphatic rings. The van der Waals surface area contributed by atoms with Crippen LogP contribution in [-0.4, -0.2) is 22.6 Å². The van der Waals surface area contributed by atoms with E-state index in [9.17, 15) is 4.79 Å². The van der Waals surface area contributed by atoms with Crippen molar-refractivity contribution in [3.8, 4) is 5.75 Å². The van der Waals surface area contributed by atoms with E-state index in [-0.39, 0.29) is 12.5 Å². The first-order chi connectivity index (χ1) is 10.7. The van der Waals surface area contributed by atoms with E-state index in [1.165, 1.54) is 0 Å². The SMILES string of the molecule is COc1cccc(NC(=O)Cn2c(=S)[nH]c3ccccc32)c1. The van der Waals surface area contributed by atoms with Crippen molar-refractivity contribution in [3.05, 3.63) is 53.3 Å². The molecule has 5 nitrogen and oxygen atoms in total. The number of hydrogen-bond acceptors (Lipinski definition) is 3. The largest absolute Gasteiger partial charge is 0.497 e. The van der Waals surface area contributed by atoms with Crippen LogP contribution in [0.5, 0.6) is 5.75 Å². The summed E-state index contributed by atoms with van der Waals surface area (Å²) in [5.41, 5.74) is 2.52. The topological polar surface area (TPSA) is 59.0 Å². The van der Waals surface area contributed by atoms with Crippen LogP contribution in [0, 0.1) is 4.77 Å². The van der Waals surface area contributed by atoms with Crippen LogP contribution in [0.3, 0.4) is 0 Å². The zero-order valence-corrected chi connectivity index (χ0v) is 12.8. The monoisotopic (exact) mass is 313 g/mol. The molecule has 2 aromatic carbocycles. The lowest BCUT2D eigenvalue weighted by Gasteiger charge is -2.08. The second-order valence-electron chi connectivity index (χ2n) is 4.81. The molecular formula is C16H15N3O2S. The van der Waals surface area contributed by atoms with Crippen molar-refractivity contribution in [3.63, 3.8) is 0 Å². The Hall–Kier alpha value is -2.60. The van der Waals surface area contributed by atoms with Gasteiger partial charge in [-0.25, -0.2) is 0 Å². The molecule has 1 heterocycles. The smallest absolute Gasteiger partial charge is 0.244 e. The highest BCUT2D eigenvalue weighted by Gasteiger charge is 2.09. The highest BCUT2D eigenvalue weighted by Crippen LogP contribution is 2.17. The Bertz CT molecular complexity index is 882. The number of imidazole rings is 1. The molecule has 0 saturated heterocycles. The summed E-state index contributed by atoms with van der Waals surface area (Å²) in [5, 5.41) is 2.85. The van der Waals surface area contributed by atoms with Crippen molar-refractivity contribution in [2.45, 2.75) is 6.54 Å². The molecule has 1 aromatic heterocycles. The van der Waals surface area contributed by atoms with Crippen LogP contribution in [0.4, 0.5) is 5.69 Å². The number of nitrogens with zero attached hydrogens (tertiary/aromatic N) is 1. The number of aromatic amines is 1. The lowest BCUT2D eigenvalue weighted by Crippen LogP contribution is -2.18. The summed E-state index contributed by atoms with van der Waals surface area (Å²) in [6.45, 7) is 0.153. The van der Waals surface area contributed by atoms with Gasteiger partial charge in [0.2, 0.25) is 5.91 Å². The molecule has 0 bridgehead atoms. The number of aromatic nitrogens is 2. The van der Waals surface area contributed by atoms with Gasteiger partial charge in [-0.05, 0) is 36.5 Å². The molecular weight excluding hydrogens is 298 g/mol. The van der Waals surface area contributed by atoms with Crippen molar-refractivity contribution in [2.24, 2.45) is 0 Å². The van der Waals surface area contributed by atoms with Gasteiger partial charge in [-0.3, -0.25) is 4.79 Å². The number of amides is 1. The first-order valence-electron chi connectivity index (χ1n) is 6.79. The maximum atomic E-state index is 12.2. The van der Waals surface area contributed by atoms with Crippen molar-refractivity contribution < 1.29 is 9.53 Å². The lowest BCUT2D eigenvalue weighted by molar-refractivity contribution is -0.116. The van der Waals surface area contributed by atoms with Gasteiger partial charge < -0.3 is 19.6 Å². The number of H-pyrrole nitrogens is 1. The zero-order chi connectivity index (χ0) is 15.5. The van der Waals surface area contributed by atoms with Crippen LogP contribution >= 0.6 is 12.2 Å². The van der Waals surface area contributed by atoms with E-state index >= 15 is 0 Å². The molecule has 0 aliphatic carbocycles. The van der Waals surface area contributed by atoms with Crippen LogP contribution in [0.1, 0.15) is 0 Å². The third kappa shape index (κ3) is 2.87. The molecule has 0 unspecified atom stereocenters. The number of anilines is 1. The number of methoxy groups -OCH3 is 1. The number of hydrogen-bond donors (Lipinski definition) is 2. The Kier molecular flexibility index (Phi) is 3.93. The second kappa shape index (κ2) is 6.03. The number of nitrogens with one attached hydrogen (secondary N) is 2. The Morgan fingerprint density at radius 2 is 2.09 bits per heavy atom. The van der Waals surface area contributed by atoms with Gasteiger partial charge in [0.05, 0.1) is 18.1 Å². The van der Waals surface area contributed by atoms with Crippen molar-refractivity contribution in [2.75, 3.05) is 12.4 Å². The third-order valence-electron chi connectivity index (χ3n) is 3.34. The predicted molar refractivity (Wildman–Crippen MR) is 88.7 cm³/mol. The average Bonchev–Trinajstić information content (AvgIpc) is 2.83. The number of rotatable bonds is 4. The van der Waals surface area contributed by atoms with Crippen LogP contribution in [-0.2, 0) is 11.3 Å². The molecule has 0 saturated carbocycles. The number of fused-ring (bicyclic) bond motifs is 1. The molecule has 0 spiro atoms. The highest BCUT2D eigenvalue weighted by atomic mass is 32.1. The average molecular weight is 313 g/mol. The Labute approximate surface area is 132 Å².